The van der Waals surface area contributed by atoms with Gasteiger partial charge in [0.25, 0.3) is 0 Å². The fourth-order valence-electron chi connectivity index (χ4n) is 3.07. The van der Waals surface area contributed by atoms with Crippen LogP contribution in [0.15, 0.2) is 29.3 Å². The zero-order chi connectivity index (χ0) is 18.8. The Hall–Kier alpha value is -1.79. The van der Waals surface area contributed by atoms with Crippen LogP contribution in [0.3, 0.4) is 0 Å². The quantitative estimate of drug-likeness (QED) is 0.549. The van der Waals surface area contributed by atoms with Crippen molar-refractivity contribution in [3.05, 3.63) is 29.8 Å². The molecule has 0 bridgehead atoms. The Labute approximate surface area is 158 Å². The number of aliphatic imine (C=N–C) groups is 1. The number of rotatable bonds is 8. The minimum absolute atomic E-state index is 0.272. The molecule has 0 aliphatic carbocycles. The maximum absolute atomic E-state index is 5.53. The molecular weight excluding hydrogens is 328 g/mol. The summed E-state index contributed by atoms with van der Waals surface area (Å²) in [5, 5.41) is 6.90. The maximum atomic E-state index is 5.53. The molecular formula is C20H34N4O2. The van der Waals surface area contributed by atoms with E-state index in [4.69, 9.17) is 9.47 Å². The number of guanidine groups is 1. The normalized spacial score (nSPS) is 17.2. The molecule has 1 atom stereocenters. The van der Waals surface area contributed by atoms with Crippen LogP contribution in [0.2, 0.25) is 0 Å². The predicted molar refractivity (Wildman–Crippen MR) is 107 cm³/mol. The van der Waals surface area contributed by atoms with Gasteiger partial charge in [-0.1, -0.05) is 26.0 Å². The molecule has 146 valence electrons. The van der Waals surface area contributed by atoms with E-state index in [1.54, 1.807) is 7.11 Å². The Morgan fingerprint density at radius 2 is 1.88 bits per heavy atom. The van der Waals surface area contributed by atoms with Gasteiger partial charge in [-0.25, -0.2) is 0 Å². The van der Waals surface area contributed by atoms with Crippen molar-refractivity contribution in [3.63, 3.8) is 0 Å². The second-order valence-corrected chi connectivity index (χ2v) is 7.00. The van der Waals surface area contributed by atoms with Gasteiger partial charge in [-0.2, -0.15) is 0 Å². The second kappa shape index (κ2) is 11.0. The van der Waals surface area contributed by atoms with E-state index in [1.165, 1.54) is 5.56 Å². The number of nitrogens with one attached hydrogen (secondary N) is 2. The van der Waals surface area contributed by atoms with Gasteiger partial charge in [0.15, 0.2) is 5.96 Å². The molecule has 1 aliphatic heterocycles. The van der Waals surface area contributed by atoms with Gasteiger partial charge in [-0.15, -0.1) is 0 Å². The monoisotopic (exact) mass is 362 g/mol. The highest BCUT2D eigenvalue weighted by Crippen LogP contribution is 2.23. The zero-order valence-corrected chi connectivity index (χ0v) is 16.6. The topological polar surface area (TPSA) is 58.1 Å². The lowest BCUT2D eigenvalue weighted by Crippen LogP contribution is -2.46. The number of methoxy groups -OCH3 is 1. The summed E-state index contributed by atoms with van der Waals surface area (Å²) in [7, 11) is 3.52. The Morgan fingerprint density at radius 3 is 2.46 bits per heavy atom. The molecule has 1 aromatic rings. The van der Waals surface area contributed by atoms with Crippen molar-refractivity contribution in [2.45, 2.75) is 26.3 Å². The molecule has 1 unspecified atom stereocenters. The summed E-state index contributed by atoms with van der Waals surface area (Å²) in [4.78, 5) is 6.83. The molecule has 1 saturated heterocycles. The third-order valence-electron chi connectivity index (χ3n) is 4.69. The van der Waals surface area contributed by atoms with Crippen LogP contribution in [0, 0.1) is 5.92 Å². The SMILES string of the molecule is CN=C(NCCC(C)C)NCC(c1ccc(OC)cc1)N1CCOCC1. The first-order valence-electron chi connectivity index (χ1n) is 9.54. The second-order valence-electron chi connectivity index (χ2n) is 7.00. The molecule has 2 rings (SSSR count). The van der Waals surface area contributed by atoms with E-state index in [9.17, 15) is 0 Å². The van der Waals surface area contributed by atoms with E-state index in [0.29, 0.717) is 5.92 Å². The molecule has 6 heteroatoms. The lowest BCUT2D eigenvalue weighted by atomic mass is 10.0. The van der Waals surface area contributed by atoms with Crippen molar-refractivity contribution < 1.29 is 9.47 Å². The van der Waals surface area contributed by atoms with Crippen LogP contribution >= 0.6 is 0 Å². The average Bonchev–Trinajstić information content (AvgIpc) is 2.67. The van der Waals surface area contributed by atoms with Crippen molar-refractivity contribution in [3.8, 4) is 5.75 Å². The molecule has 2 N–H and O–H groups in total. The standard InChI is InChI=1S/C20H34N4O2/c1-16(2)9-10-22-20(21-3)23-15-19(24-11-13-26-14-12-24)17-5-7-18(25-4)8-6-17/h5-8,16,19H,9-15H2,1-4H3,(H2,21,22,23). The number of nitrogens with zero attached hydrogens (tertiary/aromatic N) is 2. The first-order valence-corrected chi connectivity index (χ1v) is 9.54. The zero-order valence-electron chi connectivity index (χ0n) is 16.6. The Morgan fingerprint density at radius 1 is 1.19 bits per heavy atom. The average molecular weight is 363 g/mol. The van der Waals surface area contributed by atoms with Crippen LogP contribution in [-0.4, -0.2) is 64.4 Å². The smallest absolute Gasteiger partial charge is 0.191 e. The molecule has 1 fully saturated rings. The number of morpholine rings is 1. The number of hydrogen-bond acceptors (Lipinski definition) is 4. The first kappa shape index (κ1) is 20.5. The number of hydrogen-bond donors (Lipinski definition) is 2. The highest BCUT2D eigenvalue weighted by Gasteiger charge is 2.23. The highest BCUT2D eigenvalue weighted by atomic mass is 16.5. The molecule has 26 heavy (non-hydrogen) atoms. The van der Waals surface area contributed by atoms with E-state index in [0.717, 1.165) is 57.5 Å². The van der Waals surface area contributed by atoms with E-state index >= 15 is 0 Å². The van der Waals surface area contributed by atoms with Crippen LogP contribution < -0.4 is 15.4 Å². The fraction of sp³-hybridized carbons (Fsp3) is 0.650. The van der Waals surface area contributed by atoms with Crippen molar-refractivity contribution in [2.75, 3.05) is 53.6 Å². The Bertz CT molecular complexity index is 539. The Balaban J connectivity index is 2.00. The van der Waals surface area contributed by atoms with E-state index in [2.05, 4.69) is 46.5 Å². The molecule has 1 aliphatic rings. The third kappa shape index (κ3) is 6.50. The molecule has 1 aromatic carbocycles. The molecule has 6 nitrogen and oxygen atoms in total. The molecule has 0 spiro atoms. The lowest BCUT2D eigenvalue weighted by Gasteiger charge is -2.35. The summed E-state index contributed by atoms with van der Waals surface area (Å²) in [6.45, 7) is 9.65. The van der Waals surface area contributed by atoms with Gasteiger partial charge in [0.2, 0.25) is 0 Å². The third-order valence-corrected chi connectivity index (χ3v) is 4.69. The molecule has 0 amide bonds. The summed E-state index contributed by atoms with van der Waals surface area (Å²) in [5.74, 6) is 2.42. The molecule has 0 radical (unpaired) electrons. The van der Waals surface area contributed by atoms with Gasteiger partial charge < -0.3 is 20.1 Å². The number of ether oxygens (including phenoxy) is 2. The van der Waals surface area contributed by atoms with Crippen LogP contribution in [0.1, 0.15) is 31.9 Å². The number of benzene rings is 1. The van der Waals surface area contributed by atoms with Crippen molar-refractivity contribution >= 4 is 5.96 Å². The van der Waals surface area contributed by atoms with E-state index < -0.39 is 0 Å². The van der Waals surface area contributed by atoms with Gasteiger partial charge >= 0.3 is 0 Å². The van der Waals surface area contributed by atoms with Gasteiger partial charge in [0, 0.05) is 33.2 Å². The van der Waals surface area contributed by atoms with Gasteiger partial charge in [0.05, 0.1) is 26.4 Å². The summed E-state index contributed by atoms with van der Waals surface area (Å²) in [6, 6.07) is 8.62. The van der Waals surface area contributed by atoms with E-state index in [-0.39, 0.29) is 6.04 Å². The van der Waals surface area contributed by atoms with Gasteiger partial charge in [0.1, 0.15) is 5.75 Å². The predicted octanol–water partition coefficient (Wildman–Crippen LogP) is 2.28. The summed E-state index contributed by atoms with van der Waals surface area (Å²) < 4.78 is 10.8. The summed E-state index contributed by atoms with van der Waals surface area (Å²) in [6.07, 6.45) is 1.13. The van der Waals surface area contributed by atoms with Crippen LogP contribution in [-0.2, 0) is 4.74 Å². The highest BCUT2D eigenvalue weighted by molar-refractivity contribution is 5.79. The maximum Gasteiger partial charge on any atom is 0.191 e. The molecule has 0 aromatic heterocycles. The largest absolute Gasteiger partial charge is 0.497 e. The molecule has 0 saturated carbocycles. The summed E-state index contributed by atoms with van der Waals surface area (Å²) in [5.41, 5.74) is 1.28. The lowest BCUT2D eigenvalue weighted by molar-refractivity contribution is 0.0170. The van der Waals surface area contributed by atoms with Crippen molar-refractivity contribution in [2.24, 2.45) is 10.9 Å². The molecule has 1 heterocycles. The minimum Gasteiger partial charge on any atom is -0.497 e. The van der Waals surface area contributed by atoms with E-state index in [1.807, 2.05) is 19.2 Å². The summed E-state index contributed by atoms with van der Waals surface area (Å²) >= 11 is 0. The van der Waals surface area contributed by atoms with Crippen molar-refractivity contribution in [1.82, 2.24) is 15.5 Å². The minimum atomic E-state index is 0.272. The van der Waals surface area contributed by atoms with Crippen molar-refractivity contribution in [1.29, 1.82) is 0 Å². The van der Waals surface area contributed by atoms with Gasteiger partial charge in [-0.3, -0.25) is 9.89 Å². The van der Waals surface area contributed by atoms with Crippen LogP contribution in [0.4, 0.5) is 0 Å². The van der Waals surface area contributed by atoms with Crippen LogP contribution in [0.25, 0.3) is 0 Å². The van der Waals surface area contributed by atoms with Crippen LogP contribution in [0.5, 0.6) is 5.75 Å². The van der Waals surface area contributed by atoms with Gasteiger partial charge in [-0.05, 0) is 30.0 Å². The fourth-order valence-corrected chi connectivity index (χ4v) is 3.07. The Kier molecular flexibility index (Phi) is 8.71. The first-order chi connectivity index (χ1) is 12.6.